The first-order chi connectivity index (χ1) is 14.9. The predicted molar refractivity (Wildman–Crippen MR) is 115 cm³/mol. The molecule has 1 saturated carbocycles. The lowest BCUT2D eigenvalue weighted by Crippen LogP contribution is -2.41. The molecule has 6 nitrogen and oxygen atoms in total. The first-order valence-corrected chi connectivity index (χ1v) is 10.7. The van der Waals surface area contributed by atoms with Gasteiger partial charge in [0, 0.05) is 5.56 Å². The number of hydrogen-bond acceptors (Lipinski definition) is 4. The van der Waals surface area contributed by atoms with E-state index >= 15 is 0 Å². The molecule has 1 N–H and O–H groups in total. The van der Waals surface area contributed by atoms with Crippen LogP contribution < -0.4 is 5.32 Å². The lowest BCUT2D eigenvalue weighted by molar-refractivity contribution is -0.130. The fraction of sp³-hybridized carbons (Fsp3) is 0.360. The number of nitriles is 1. The first-order valence-electron chi connectivity index (χ1n) is 10.7. The number of urea groups is 1. The Bertz CT molecular complexity index is 1050. The number of amides is 3. The van der Waals surface area contributed by atoms with Crippen molar-refractivity contribution in [3.8, 4) is 6.07 Å². The van der Waals surface area contributed by atoms with E-state index in [1.807, 2.05) is 18.2 Å². The first kappa shape index (κ1) is 20.8. The minimum atomic E-state index is -1.27. The van der Waals surface area contributed by atoms with Crippen molar-refractivity contribution in [2.75, 3.05) is 6.54 Å². The van der Waals surface area contributed by atoms with Gasteiger partial charge in [-0.25, -0.2) is 4.79 Å². The summed E-state index contributed by atoms with van der Waals surface area (Å²) in [5.74, 6) is -0.200. The molecule has 2 aliphatic rings. The molecule has 1 heterocycles. The van der Waals surface area contributed by atoms with Crippen LogP contribution in [0.2, 0.25) is 0 Å². The van der Waals surface area contributed by atoms with Crippen LogP contribution in [0, 0.1) is 11.3 Å². The van der Waals surface area contributed by atoms with Crippen LogP contribution in [0.5, 0.6) is 0 Å². The maximum absolute atomic E-state index is 13.0. The summed E-state index contributed by atoms with van der Waals surface area (Å²) >= 11 is 0. The Balaban J connectivity index is 1.47. The number of carbonyl (C=O) groups is 3. The van der Waals surface area contributed by atoms with Gasteiger partial charge in [-0.2, -0.15) is 5.26 Å². The second-order valence-electron chi connectivity index (χ2n) is 8.52. The normalized spacial score (nSPS) is 21.6. The molecule has 158 valence electrons. The number of nitrogens with one attached hydrogen (secondary N) is 1. The molecule has 1 saturated heterocycles. The van der Waals surface area contributed by atoms with Crippen LogP contribution >= 0.6 is 0 Å². The summed E-state index contributed by atoms with van der Waals surface area (Å²) in [6.07, 6.45) is 6.15. The van der Waals surface area contributed by atoms with Crippen molar-refractivity contribution in [1.29, 1.82) is 5.26 Å². The highest BCUT2D eigenvalue weighted by Gasteiger charge is 2.49. The quantitative estimate of drug-likeness (QED) is 0.584. The van der Waals surface area contributed by atoms with Crippen molar-refractivity contribution >= 4 is 17.7 Å². The fourth-order valence-corrected chi connectivity index (χ4v) is 4.53. The van der Waals surface area contributed by atoms with Crippen LogP contribution in [0.25, 0.3) is 0 Å². The molecule has 0 spiro atoms. The molecule has 6 heteroatoms. The standard InChI is InChI=1S/C25H25N3O3/c1-25(21-13-7-17(15-26)8-14-21)23(30)28(24(31)27-25)16-22(29)20-11-9-19(10-12-20)18-5-3-2-4-6-18/h7-14,18H,2-6,16H2,1H3,(H,27,31). The van der Waals surface area contributed by atoms with E-state index in [0.717, 1.165) is 4.90 Å². The van der Waals surface area contributed by atoms with Crippen LogP contribution in [0.4, 0.5) is 4.79 Å². The van der Waals surface area contributed by atoms with E-state index < -0.39 is 17.5 Å². The number of imide groups is 1. The van der Waals surface area contributed by atoms with Gasteiger partial charge in [0.2, 0.25) is 0 Å². The van der Waals surface area contributed by atoms with E-state index in [1.54, 1.807) is 43.3 Å². The molecular weight excluding hydrogens is 390 g/mol. The van der Waals surface area contributed by atoms with E-state index in [1.165, 1.54) is 37.7 Å². The van der Waals surface area contributed by atoms with Crippen LogP contribution in [0.3, 0.4) is 0 Å². The molecule has 1 unspecified atom stereocenters. The summed E-state index contributed by atoms with van der Waals surface area (Å²) < 4.78 is 0. The van der Waals surface area contributed by atoms with Gasteiger partial charge in [0.05, 0.1) is 18.2 Å². The molecule has 1 aliphatic carbocycles. The number of Topliss-reactive ketones (excluding diaryl/α,β-unsaturated/α-hetero) is 1. The molecular formula is C25H25N3O3. The lowest BCUT2D eigenvalue weighted by atomic mass is 9.84. The van der Waals surface area contributed by atoms with Crippen molar-refractivity contribution in [1.82, 2.24) is 10.2 Å². The predicted octanol–water partition coefficient (Wildman–Crippen LogP) is 4.26. The third-order valence-corrected chi connectivity index (χ3v) is 6.48. The molecule has 0 aromatic heterocycles. The summed E-state index contributed by atoms with van der Waals surface area (Å²) in [6.45, 7) is 1.30. The third-order valence-electron chi connectivity index (χ3n) is 6.48. The van der Waals surface area contributed by atoms with Crippen molar-refractivity contribution in [2.45, 2.75) is 50.5 Å². The summed E-state index contributed by atoms with van der Waals surface area (Å²) in [5, 5.41) is 11.7. The van der Waals surface area contributed by atoms with Crippen molar-refractivity contribution in [2.24, 2.45) is 0 Å². The summed E-state index contributed by atoms with van der Waals surface area (Å²) in [4.78, 5) is 39.3. The molecule has 3 amide bonds. The van der Waals surface area contributed by atoms with E-state index in [2.05, 4.69) is 5.32 Å². The van der Waals surface area contributed by atoms with E-state index in [0.29, 0.717) is 22.6 Å². The molecule has 0 radical (unpaired) electrons. The zero-order chi connectivity index (χ0) is 22.0. The molecule has 0 bridgehead atoms. The van der Waals surface area contributed by atoms with E-state index in [9.17, 15) is 14.4 Å². The topological polar surface area (TPSA) is 90.3 Å². The second-order valence-corrected chi connectivity index (χ2v) is 8.52. The van der Waals surface area contributed by atoms with Crippen LogP contribution in [-0.4, -0.2) is 29.2 Å². The molecule has 4 rings (SSSR count). The Morgan fingerprint density at radius 1 is 1.06 bits per heavy atom. The molecule has 2 aromatic carbocycles. The minimum absolute atomic E-state index is 0.275. The van der Waals surface area contributed by atoms with E-state index in [-0.39, 0.29) is 12.3 Å². The van der Waals surface area contributed by atoms with Crippen molar-refractivity contribution in [3.63, 3.8) is 0 Å². The monoisotopic (exact) mass is 415 g/mol. The van der Waals surface area contributed by atoms with Crippen molar-refractivity contribution < 1.29 is 14.4 Å². The van der Waals surface area contributed by atoms with Crippen molar-refractivity contribution in [3.05, 3.63) is 70.8 Å². The third kappa shape index (κ3) is 3.96. The zero-order valence-electron chi connectivity index (χ0n) is 17.6. The number of hydrogen-bond donors (Lipinski definition) is 1. The van der Waals surface area contributed by atoms with E-state index in [4.69, 9.17) is 5.26 Å². The van der Waals surface area contributed by atoms with Gasteiger partial charge in [-0.3, -0.25) is 14.5 Å². The lowest BCUT2D eigenvalue weighted by Gasteiger charge is -2.22. The summed E-state index contributed by atoms with van der Waals surface area (Å²) in [7, 11) is 0. The average molecular weight is 415 g/mol. The molecule has 1 atom stereocenters. The SMILES string of the molecule is CC1(c2ccc(C#N)cc2)NC(=O)N(CC(=O)c2ccc(C3CCCCC3)cc2)C1=O. The molecule has 31 heavy (non-hydrogen) atoms. The molecule has 2 fully saturated rings. The van der Waals surface area contributed by atoms with Gasteiger partial charge in [0.15, 0.2) is 5.78 Å². The zero-order valence-corrected chi connectivity index (χ0v) is 17.6. The number of rotatable bonds is 5. The summed E-state index contributed by atoms with van der Waals surface area (Å²) in [5.41, 5.74) is 1.51. The fourth-order valence-electron chi connectivity index (χ4n) is 4.53. The highest BCUT2D eigenvalue weighted by Crippen LogP contribution is 2.33. The number of ketones is 1. The van der Waals surface area contributed by atoms with Gasteiger partial charge < -0.3 is 5.32 Å². The number of nitrogens with zero attached hydrogens (tertiary/aromatic N) is 2. The second kappa shape index (κ2) is 8.35. The van der Waals surface area contributed by atoms with Gasteiger partial charge in [-0.1, -0.05) is 55.7 Å². The van der Waals surface area contributed by atoms with Gasteiger partial charge >= 0.3 is 6.03 Å². The van der Waals surface area contributed by atoms with Gasteiger partial charge in [-0.15, -0.1) is 0 Å². The Morgan fingerprint density at radius 2 is 1.71 bits per heavy atom. The maximum atomic E-state index is 13.0. The molecule has 2 aromatic rings. The van der Waals surface area contributed by atoms with Crippen LogP contribution in [0.15, 0.2) is 48.5 Å². The summed E-state index contributed by atoms with van der Waals surface area (Å²) in [6, 6.07) is 15.5. The van der Waals surface area contributed by atoms with Crippen LogP contribution in [0.1, 0.15) is 72.0 Å². The maximum Gasteiger partial charge on any atom is 0.325 e. The Morgan fingerprint density at radius 3 is 2.32 bits per heavy atom. The van der Waals surface area contributed by atoms with Crippen LogP contribution in [-0.2, 0) is 10.3 Å². The van der Waals surface area contributed by atoms with Gasteiger partial charge in [-0.05, 0) is 48.9 Å². The largest absolute Gasteiger partial charge is 0.325 e. The average Bonchev–Trinajstić information content (AvgIpc) is 3.03. The smallest absolute Gasteiger partial charge is 0.319 e. The highest BCUT2D eigenvalue weighted by molar-refractivity contribution is 6.11. The number of carbonyl (C=O) groups excluding carboxylic acids is 3. The minimum Gasteiger partial charge on any atom is -0.319 e. The Hall–Kier alpha value is -3.46. The Kier molecular flexibility index (Phi) is 5.60. The Labute approximate surface area is 181 Å². The number of benzene rings is 2. The van der Waals surface area contributed by atoms with Gasteiger partial charge in [0.25, 0.3) is 5.91 Å². The van der Waals surface area contributed by atoms with Gasteiger partial charge in [0.1, 0.15) is 5.54 Å². The highest BCUT2D eigenvalue weighted by atomic mass is 16.2. The molecule has 1 aliphatic heterocycles.